The van der Waals surface area contributed by atoms with E-state index in [9.17, 15) is 4.79 Å². The number of carbonyl (C=O) groups is 1. The zero-order chi connectivity index (χ0) is 53.1. The van der Waals surface area contributed by atoms with Crippen molar-refractivity contribution in [3.8, 4) is 28.6 Å². The van der Waals surface area contributed by atoms with E-state index in [2.05, 4.69) is 64.5 Å². The van der Waals surface area contributed by atoms with Crippen LogP contribution in [0.15, 0.2) is 120 Å². The van der Waals surface area contributed by atoms with Crippen LogP contribution in [0.2, 0.25) is 16.6 Å². The van der Waals surface area contributed by atoms with Gasteiger partial charge in [-0.1, -0.05) is 138 Å². The van der Waals surface area contributed by atoms with Crippen molar-refractivity contribution in [3.63, 3.8) is 0 Å². The molecule has 3 saturated heterocycles. The molecule has 0 radical (unpaired) electrons. The number of fused-ring (bicyclic) bond motifs is 5. The summed E-state index contributed by atoms with van der Waals surface area (Å²) in [6, 6.07) is 26.4. The van der Waals surface area contributed by atoms with E-state index in [1.54, 1.807) is 17.0 Å². The number of benzene rings is 5. The third-order valence-electron chi connectivity index (χ3n) is 16.0. The highest BCUT2D eigenvalue weighted by Gasteiger charge is 2.47. The molecule has 0 aliphatic carbocycles. The molecule has 1 amide bonds. The highest BCUT2D eigenvalue weighted by Crippen LogP contribution is 2.46. The van der Waals surface area contributed by atoms with E-state index in [1.807, 2.05) is 105 Å². The second kappa shape index (κ2) is 20.1. The SMILES string of the molecule is C=C1CN2CCCC2(COc2nc(N3CC4C=CC(C3)N4C(=O)OC(C)(C)C)c3cc(F)c(-c4cc(N=C(c5ccccc5)c5ccccc5)cc5ccc(F)c(C#C[Si](C(C)C)(C(C)C)C(C)C)c45)c(F)c3n2)C1. The minimum Gasteiger partial charge on any atom is -0.461 e. The largest absolute Gasteiger partial charge is 0.461 e. The number of ether oxygens (including phenoxy) is 2. The van der Waals surface area contributed by atoms with Crippen molar-refractivity contribution >= 4 is 53.1 Å². The van der Waals surface area contributed by atoms with E-state index in [4.69, 9.17) is 24.4 Å². The summed E-state index contributed by atoms with van der Waals surface area (Å²) in [6.45, 7) is 25.4. The number of anilines is 1. The number of aromatic nitrogens is 2. The molecule has 3 atom stereocenters. The van der Waals surface area contributed by atoms with Crippen LogP contribution in [-0.4, -0.2) is 95.7 Å². The van der Waals surface area contributed by atoms with Gasteiger partial charge < -0.3 is 14.4 Å². The average molecular weight is 1030 g/mol. The highest BCUT2D eigenvalue weighted by molar-refractivity contribution is 6.90. The summed E-state index contributed by atoms with van der Waals surface area (Å²) < 4.78 is 65.8. The van der Waals surface area contributed by atoms with Crippen LogP contribution in [-0.2, 0) is 4.74 Å². The third kappa shape index (κ3) is 9.65. The molecule has 3 fully saturated rings. The molecule has 6 aromatic rings. The predicted octanol–water partition coefficient (Wildman–Crippen LogP) is 14.1. The number of aliphatic imine (C=N–C) groups is 1. The Hall–Kier alpha value is -6.75. The van der Waals surface area contributed by atoms with Crippen LogP contribution in [0.5, 0.6) is 6.01 Å². The smallest absolute Gasteiger partial charge is 0.411 e. The van der Waals surface area contributed by atoms with Crippen molar-refractivity contribution in [1.29, 1.82) is 0 Å². The molecule has 9 nitrogen and oxygen atoms in total. The van der Waals surface area contributed by atoms with Gasteiger partial charge >= 0.3 is 12.1 Å². The van der Waals surface area contributed by atoms with Crippen molar-refractivity contribution in [3.05, 3.63) is 149 Å². The van der Waals surface area contributed by atoms with E-state index in [0.717, 1.165) is 49.1 Å². The molecular formula is C62H67F3N6O3Si. The zero-order valence-electron chi connectivity index (χ0n) is 44.6. The lowest BCUT2D eigenvalue weighted by Gasteiger charge is -2.42. The summed E-state index contributed by atoms with van der Waals surface area (Å²) in [4.78, 5) is 34.6. The number of halogens is 3. The number of hydrogen-bond donors (Lipinski definition) is 0. The van der Waals surface area contributed by atoms with Crippen LogP contribution in [0.4, 0.5) is 29.5 Å². The highest BCUT2D eigenvalue weighted by atomic mass is 28.3. The Balaban J connectivity index is 1.20. The lowest BCUT2D eigenvalue weighted by Crippen LogP contribution is -2.57. The molecule has 1 aromatic heterocycles. The van der Waals surface area contributed by atoms with Crippen molar-refractivity contribution in [1.82, 2.24) is 19.8 Å². The monoisotopic (exact) mass is 1030 g/mol. The number of carbonyl (C=O) groups excluding carboxylic acids is 1. The fourth-order valence-corrected chi connectivity index (χ4v) is 17.9. The van der Waals surface area contributed by atoms with Gasteiger partial charge in [0.1, 0.15) is 43.3 Å². The van der Waals surface area contributed by atoms with E-state index >= 15 is 13.2 Å². The molecular weight excluding hydrogens is 962 g/mol. The molecule has 2 bridgehead atoms. The molecule has 10 rings (SSSR count). The first-order valence-electron chi connectivity index (χ1n) is 26.4. The Bertz CT molecular complexity index is 3260. The van der Waals surface area contributed by atoms with Gasteiger partial charge in [-0.15, -0.1) is 5.54 Å². The fourth-order valence-electron chi connectivity index (χ4n) is 12.7. The zero-order valence-corrected chi connectivity index (χ0v) is 45.6. The van der Waals surface area contributed by atoms with Gasteiger partial charge in [0.25, 0.3) is 0 Å². The summed E-state index contributed by atoms with van der Waals surface area (Å²) >= 11 is 0. The molecule has 0 spiro atoms. The molecule has 13 heteroatoms. The van der Waals surface area contributed by atoms with Crippen LogP contribution in [0.25, 0.3) is 32.8 Å². The number of rotatable bonds is 11. The molecule has 0 N–H and O–H groups in total. The minimum atomic E-state index is -2.44. The van der Waals surface area contributed by atoms with Crippen molar-refractivity contribution in [2.45, 2.75) is 121 Å². The standard InChI is InChI=1S/C62H67F3N6O3Si/c1-38(2)75(39(3)4,40(5)6)29-26-48-51(63)25-22-44-30-45(66-56(42-18-13-11-14-19-42)43-20-15-12-16-21-43)31-49(53(44)48)54-52(64)32-50-57(55(54)65)67-59(73-37-62-27-17-28-70(62)34-41(7)33-62)68-58(50)69-35-46-23-24-47(36-69)71(46)60(72)74-61(8,9)10/h11-16,18-25,30-32,38-40,46-47H,7,17,27-28,33-37H2,1-6,8-10H3. The fraction of sp³-hybridized carbons (Fsp3) is 0.387. The molecule has 5 heterocycles. The molecule has 5 aromatic carbocycles. The summed E-state index contributed by atoms with van der Waals surface area (Å²) in [7, 11) is -2.44. The summed E-state index contributed by atoms with van der Waals surface area (Å²) in [5.74, 6) is 1.17. The number of nitrogens with zero attached hydrogens (tertiary/aromatic N) is 6. The normalized spacial score (nSPS) is 19.6. The van der Waals surface area contributed by atoms with Gasteiger partial charge in [-0.2, -0.15) is 9.97 Å². The van der Waals surface area contributed by atoms with Gasteiger partial charge in [-0.25, -0.2) is 23.0 Å². The van der Waals surface area contributed by atoms with Gasteiger partial charge in [0, 0.05) is 41.5 Å². The number of hydrogen-bond acceptors (Lipinski definition) is 8. The second-order valence-electron chi connectivity index (χ2n) is 22.9. The van der Waals surface area contributed by atoms with Gasteiger partial charge in [0.2, 0.25) is 0 Å². The second-order valence-corrected chi connectivity index (χ2v) is 28.5. The van der Waals surface area contributed by atoms with Gasteiger partial charge in [0.15, 0.2) is 5.82 Å². The minimum absolute atomic E-state index is 0.0592. The van der Waals surface area contributed by atoms with Gasteiger partial charge in [-0.3, -0.25) is 9.80 Å². The predicted molar refractivity (Wildman–Crippen MR) is 298 cm³/mol. The first-order valence-corrected chi connectivity index (χ1v) is 28.7. The molecule has 4 aliphatic heterocycles. The third-order valence-corrected chi connectivity index (χ3v) is 22.3. The van der Waals surface area contributed by atoms with E-state index < -0.39 is 54.9 Å². The quantitative estimate of drug-likeness (QED) is 0.0553. The molecule has 3 unspecified atom stereocenters. The number of amides is 1. The Morgan fingerprint density at radius 3 is 2.12 bits per heavy atom. The number of piperazine rings is 1. The maximum atomic E-state index is 18.6. The van der Waals surface area contributed by atoms with Gasteiger partial charge in [-0.05, 0) is 98.4 Å². The van der Waals surface area contributed by atoms with Gasteiger partial charge in [0.05, 0.1) is 40.1 Å². The lowest BCUT2D eigenvalue weighted by molar-refractivity contribution is 0.0146. The molecule has 0 saturated carbocycles. The summed E-state index contributed by atoms with van der Waals surface area (Å²) in [5.41, 5.74) is 6.85. The molecule has 388 valence electrons. The van der Waals surface area contributed by atoms with E-state index in [1.165, 1.54) is 12.1 Å². The van der Waals surface area contributed by atoms with Crippen molar-refractivity contribution in [2.75, 3.05) is 37.7 Å². The first kappa shape index (κ1) is 51.7. The van der Waals surface area contributed by atoms with Crippen molar-refractivity contribution in [2.24, 2.45) is 4.99 Å². The maximum absolute atomic E-state index is 18.6. The average Bonchev–Trinajstić information content (AvgIpc) is 3.99. The van der Waals surface area contributed by atoms with E-state index in [0.29, 0.717) is 16.8 Å². The Labute approximate surface area is 440 Å². The Morgan fingerprint density at radius 1 is 0.867 bits per heavy atom. The summed E-state index contributed by atoms with van der Waals surface area (Å²) in [5, 5.41) is 0.911. The Kier molecular flexibility index (Phi) is 13.8. The van der Waals surface area contributed by atoms with Crippen LogP contribution < -0.4 is 9.64 Å². The maximum Gasteiger partial charge on any atom is 0.411 e. The van der Waals surface area contributed by atoms with Crippen molar-refractivity contribution < 1.29 is 27.4 Å². The van der Waals surface area contributed by atoms with Crippen LogP contribution in [0.3, 0.4) is 0 Å². The molecule has 4 aliphatic rings. The first-order chi connectivity index (χ1) is 35.8. The van der Waals surface area contributed by atoms with Crippen LogP contribution in [0.1, 0.15) is 98.3 Å². The van der Waals surface area contributed by atoms with Crippen LogP contribution in [0, 0.1) is 28.9 Å². The molecule has 75 heavy (non-hydrogen) atoms. The topological polar surface area (TPSA) is 83.4 Å². The summed E-state index contributed by atoms with van der Waals surface area (Å²) in [6.07, 6.45) is 6.16. The van der Waals surface area contributed by atoms with Crippen LogP contribution >= 0.6 is 0 Å². The lowest BCUT2D eigenvalue weighted by atomic mass is 9.92. The van der Waals surface area contributed by atoms with E-state index in [-0.39, 0.29) is 81.1 Å². The Morgan fingerprint density at radius 2 is 1.51 bits per heavy atom.